The fraction of sp³-hybridized carbons (Fsp3) is 0.562. The van der Waals surface area contributed by atoms with Gasteiger partial charge in [0, 0.05) is 39.1 Å². The Kier molecular flexibility index (Phi) is 5.45. The lowest BCUT2D eigenvalue weighted by molar-refractivity contribution is -0.137. The quantitative estimate of drug-likeness (QED) is 0.852. The molecule has 1 saturated heterocycles. The molecule has 1 aromatic rings. The van der Waals surface area contributed by atoms with Crippen LogP contribution in [0, 0.1) is 0 Å². The van der Waals surface area contributed by atoms with Crippen molar-refractivity contribution in [3.63, 3.8) is 0 Å². The Bertz CT molecular complexity index is 491. The molecule has 0 N–H and O–H groups in total. The molecule has 0 bridgehead atoms. The first-order valence-corrected chi connectivity index (χ1v) is 7.56. The number of hydrogen-bond donors (Lipinski definition) is 0. The smallest absolute Gasteiger partial charge is 0.340 e. The molecule has 1 aliphatic heterocycles. The molecule has 6 heteroatoms. The molecule has 3 nitrogen and oxygen atoms in total. The van der Waals surface area contributed by atoms with Gasteiger partial charge in [-0.25, -0.2) is 0 Å². The molecule has 122 valence electrons. The van der Waals surface area contributed by atoms with Crippen molar-refractivity contribution in [2.75, 3.05) is 26.2 Å². The van der Waals surface area contributed by atoms with E-state index in [2.05, 4.69) is 4.90 Å². The van der Waals surface area contributed by atoms with Crippen molar-refractivity contribution in [3.8, 4) is 0 Å². The summed E-state index contributed by atoms with van der Waals surface area (Å²) >= 11 is 0. The highest BCUT2D eigenvalue weighted by Gasteiger charge is 2.30. The minimum Gasteiger partial charge on any atom is -0.340 e. The SMILES string of the molecule is CCCC(=O)N1CCN(Cc2ccc(C(F)(F)F)cc2)CC1. The zero-order valence-electron chi connectivity index (χ0n) is 12.7. The molecule has 1 aliphatic rings. The molecule has 0 radical (unpaired) electrons. The summed E-state index contributed by atoms with van der Waals surface area (Å²) in [7, 11) is 0. The summed E-state index contributed by atoms with van der Waals surface area (Å²) in [6.07, 6.45) is -2.85. The second kappa shape index (κ2) is 7.13. The Labute approximate surface area is 128 Å². The fourth-order valence-electron chi connectivity index (χ4n) is 2.58. The lowest BCUT2D eigenvalue weighted by Crippen LogP contribution is -2.48. The van der Waals surface area contributed by atoms with Crippen LogP contribution in [0.5, 0.6) is 0 Å². The largest absolute Gasteiger partial charge is 0.416 e. The van der Waals surface area contributed by atoms with Gasteiger partial charge >= 0.3 is 6.18 Å². The second-order valence-electron chi connectivity index (χ2n) is 5.60. The van der Waals surface area contributed by atoms with Gasteiger partial charge in [-0.15, -0.1) is 0 Å². The molecule has 1 fully saturated rings. The maximum atomic E-state index is 12.5. The summed E-state index contributed by atoms with van der Waals surface area (Å²) in [6.45, 7) is 5.51. The predicted molar refractivity (Wildman–Crippen MR) is 78.2 cm³/mol. The molecule has 1 aromatic carbocycles. The summed E-state index contributed by atoms with van der Waals surface area (Å²) in [5.74, 6) is 0.191. The third-order valence-corrected chi connectivity index (χ3v) is 3.88. The maximum Gasteiger partial charge on any atom is 0.416 e. The minimum atomic E-state index is -4.29. The lowest BCUT2D eigenvalue weighted by Gasteiger charge is -2.34. The summed E-state index contributed by atoms with van der Waals surface area (Å²) < 4.78 is 37.5. The van der Waals surface area contributed by atoms with Crippen molar-refractivity contribution in [1.29, 1.82) is 0 Å². The van der Waals surface area contributed by atoms with Crippen LogP contribution in [0.15, 0.2) is 24.3 Å². The van der Waals surface area contributed by atoms with E-state index in [-0.39, 0.29) is 5.91 Å². The molecule has 0 aliphatic carbocycles. The van der Waals surface area contributed by atoms with E-state index in [4.69, 9.17) is 0 Å². The number of carbonyl (C=O) groups excluding carboxylic acids is 1. The van der Waals surface area contributed by atoms with Gasteiger partial charge in [0.2, 0.25) is 5.91 Å². The number of rotatable bonds is 4. The van der Waals surface area contributed by atoms with Gasteiger partial charge in [0.15, 0.2) is 0 Å². The molecule has 0 atom stereocenters. The third-order valence-electron chi connectivity index (χ3n) is 3.88. The van der Waals surface area contributed by atoms with Gasteiger partial charge in [0.05, 0.1) is 5.56 Å². The second-order valence-corrected chi connectivity index (χ2v) is 5.60. The first kappa shape index (κ1) is 16.8. The van der Waals surface area contributed by atoms with Gasteiger partial charge in [-0.3, -0.25) is 9.69 Å². The van der Waals surface area contributed by atoms with E-state index in [9.17, 15) is 18.0 Å². The van der Waals surface area contributed by atoms with Crippen molar-refractivity contribution >= 4 is 5.91 Å². The first-order valence-electron chi connectivity index (χ1n) is 7.56. The van der Waals surface area contributed by atoms with Crippen LogP contribution in [0.3, 0.4) is 0 Å². The summed E-state index contributed by atoms with van der Waals surface area (Å²) in [6, 6.07) is 5.29. The van der Waals surface area contributed by atoms with Crippen LogP contribution >= 0.6 is 0 Å². The molecule has 0 spiro atoms. The Morgan fingerprint density at radius 2 is 1.68 bits per heavy atom. The van der Waals surface area contributed by atoms with Crippen molar-refractivity contribution in [2.24, 2.45) is 0 Å². The number of piperazine rings is 1. The maximum absolute atomic E-state index is 12.5. The number of amides is 1. The Hall–Kier alpha value is -1.56. The number of nitrogens with zero attached hydrogens (tertiary/aromatic N) is 2. The third kappa shape index (κ3) is 4.47. The van der Waals surface area contributed by atoms with Gasteiger partial charge < -0.3 is 4.90 Å². The zero-order chi connectivity index (χ0) is 16.2. The average Bonchev–Trinajstić information content (AvgIpc) is 2.48. The van der Waals surface area contributed by atoms with Crippen molar-refractivity contribution < 1.29 is 18.0 Å². The lowest BCUT2D eigenvalue weighted by atomic mass is 10.1. The predicted octanol–water partition coefficient (Wildman–Crippen LogP) is 3.15. The van der Waals surface area contributed by atoms with Crippen LogP contribution in [-0.2, 0) is 17.5 Å². The van der Waals surface area contributed by atoms with E-state index in [1.165, 1.54) is 12.1 Å². The van der Waals surface area contributed by atoms with Gasteiger partial charge in [0.1, 0.15) is 0 Å². The van der Waals surface area contributed by atoms with Crippen LogP contribution in [-0.4, -0.2) is 41.9 Å². The van der Waals surface area contributed by atoms with E-state index in [1.54, 1.807) is 0 Å². The number of alkyl halides is 3. The number of hydrogen-bond acceptors (Lipinski definition) is 2. The zero-order valence-corrected chi connectivity index (χ0v) is 12.7. The van der Waals surface area contributed by atoms with Gasteiger partial charge in [-0.2, -0.15) is 13.2 Å². The minimum absolute atomic E-state index is 0.191. The average molecular weight is 314 g/mol. The Morgan fingerprint density at radius 1 is 1.09 bits per heavy atom. The van der Waals surface area contributed by atoms with Gasteiger partial charge in [-0.1, -0.05) is 19.1 Å². The monoisotopic (exact) mass is 314 g/mol. The Balaban J connectivity index is 1.84. The van der Waals surface area contributed by atoms with Gasteiger partial charge in [-0.05, 0) is 24.1 Å². The highest BCUT2D eigenvalue weighted by Crippen LogP contribution is 2.29. The molecule has 0 aromatic heterocycles. The van der Waals surface area contributed by atoms with Crippen LogP contribution in [0.4, 0.5) is 13.2 Å². The standard InChI is InChI=1S/C16H21F3N2O/c1-2-3-15(22)21-10-8-20(9-11-21)12-13-4-6-14(7-5-13)16(17,18)19/h4-7H,2-3,8-12H2,1H3. The molecular formula is C16H21F3N2O. The van der Waals surface area contributed by atoms with Gasteiger partial charge in [0.25, 0.3) is 0 Å². The number of benzene rings is 1. The van der Waals surface area contributed by atoms with E-state index in [0.717, 1.165) is 37.2 Å². The van der Waals surface area contributed by atoms with Crippen LogP contribution < -0.4 is 0 Å². The number of carbonyl (C=O) groups is 1. The molecule has 0 saturated carbocycles. The molecular weight excluding hydrogens is 293 g/mol. The first-order chi connectivity index (χ1) is 10.4. The molecule has 1 heterocycles. The van der Waals surface area contributed by atoms with Crippen molar-refractivity contribution in [2.45, 2.75) is 32.5 Å². The highest BCUT2D eigenvalue weighted by atomic mass is 19.4. The fourth-order valence-corrected chi connectivity index (χ4v) is 2.58. The molecule has 2 rings (SSSR count). The molecule has 1 amide bonds. The van der Waals surface area contributed by atoms with Crippen molar-refractivity contribution in [3.05, 3.63) is 35.4 Å². The van der Waals surface area contributed by atoms with Crippen LogP contribution in [0.25, 0.3) is 0 Å². The Morgan fingerprint density at radius 3 is 2.18 bits per heavy atom. The van der Waals surface area contributed by atoms with E-state index in [1.807, 2.05) is 11.8 Å². The van der Waals surface area contributed by atoms with E-state index < -0.39 is 11.7 Å². The van der Waals surface area contributed by atoms with Crippen LogP contribution in [0.2, 0.25) is 0 Å². The summed E-state index contributed by atoms with van der Waals surface area (Å²) in [4.78, 5) is 15.8. The molecule has 0 unspecified atom stereocenters. The summed E-state index contributed by atoms with van der Waals surface area (Å²) in [5, 5.41) is 0. The topological polar surface area (TPSA) is 23.6 Å². The van der Waals surface area contributed by atoms with E-state index >= 15 is 0 Å². The van der Waals surface area contributed by atoms with Crippen molar-refractivity contribution in [1.82, 2.24) is 9.80 Å². The molecule has 22 heavy (non-hydrogen) atoms. The number of halogens is 3. The van der Waals surface area contributed by atoms with Crippen LogP contribution in [0.1, 0.15) is 30.9 Å². The summed E-state index contributed by atoms with van der Waals surface area (Å²) in [5.41, 5.74) is 0.243. The normalized spacial score (nSPS) is 16.8. The highest BCUT2D eigenvalue weighted by molar-refractivity contribution is 5.76. The van der Waals surface area contributed by atoms with E-state index in [0.29, 0.717) is 26.1 Å².